The summed E-state index contributed by atoms with van der Waals surface area (Å²) in [6.45, 7) is 0. The predicted octanol–water partition coefficient (Wildman–Crippen LogP) is 3.54. The molecule has 0 unspecified atom stereocenters. The van der Waals surface area contributed by atoms with Gasteiger partial charge in [0.2, 0.25) is 0 Å². The Kier molecular flexibility index (Phi) is 2.67. The fourth-order valence-corrected chi connectivity index (χ4v) is 2.15. The molecule has 20 heavy (non-hydrogen) atoms. The van der Waals surface area contributed by atoms with E-state index in [2.05, 4.69) is 9.97 Å². The Hall–Kier alpha value is -2.50. The van der Waals surface area contributed by atoms with Crippen LogP contribution in [0.2, 0.25) is 0 Å². The van der Waals surface area contributed by atoms with E-state index in [1.165, 1.54) is 0 Å². The minimum atomic E-state index is -4.47. The Morgan fingerprint density at radius 3 is 2.30 bits per heavy atom. The molecule has 1 heterocycles. The molecule has 0 bridgehead atoms. The van der Waals surface area contributed by atoms with Gasteiger partial charge >= 0.3 is 11.9 Å². The van der Waals surface area contributed by atoms with E-state index in [4.69, 9.17) is 0 Å². The van der Waals surface area contributed by atoms with E-state index in [1.807, 2.05) is 0 Å². The number of aromatic amines is 2. The van der Waals surface area contributed by atoms with E-state index in [9.17, 15) is 18.0 Å². The number of fused-ring (bicyclic) bond motifs is 1. The van der Waals surface area contributed by atoms with Gasteiger partial charge in [-0.3, -0.25) is 0 Å². The van der Waals surface area contributed by atoms with Gasteiger partial charge in [-0.15, -0.1) is 0 Å². The van der Waals surface area contributed by atoms with Gasteiger partial charge in [-0.2, -0.15) is 13.2 Å². The lowest BCUT2D eigenvalue weighted by Gasteiger charge is -2.10. The lowest BCUT2D eigenvalue weighted by molar-refractivity contribution is -0.137. The van der Waals surface area contributed by atoms with Gasteiger partial charge in [-0.25, -0.2) is 4.79 Å². The van der Waals surface area contributed by atoms with Crippen molar-refractivity contribution in [2.75, 3.05) is 0 Å². The molecule has 0 fully saturated rings. The van der Waals surface area contributed by atoms with E-state index in [-0.39, 0.29) is 5.52 Å². The number of H-pyrrole nitrogens is 2. The highest BCUT2D eigenvalue weighted by Crippen LogP contribution is 2.35. The molecule has 0 radical (unpaired) electrons. The van der Waals surface area contributed by atoms with E-state index < -0.39 is 17.4 Å². The standard InChI is InChI=1S/C14H9F3N2O/c15-14(16,17)9-6-10(8-4-2-1-3-5-8)12-11(7-9)18-13(20)19-12/h1-7H,(H2,18,19,20). The summed E-state index contributed by atoms with van der Waals surface area (Å²) in [5, 5.41) is 0. The minimum absolute atomic E-state index is 0.142. The van der Waals surface area contributed by atoms with Gasteiger partial charge in [-0.05, 0) is 17.7 Å². The molecule has 6 heteroatoms. The second-order valence-electron chi connectivity index (χ2n) is 4.39. The van der Waals surface area contributed by atoms with Crippen molar-refractivity contribution < 1.29 is 13.2 Å². The number of rotatable bonds is 1. The van der Waals surface area contributed by atoms with E-state index in [1.54, 1.807) is 30.3 Å². The van der Waals surface area contributed by atoms with Crippen LogP contribution in [0.3, 0.4) is 0 Å². The van der Waals surface area contributed by atoms with Gasteiger partial charge in [-0.1, -0.05) is 30.3 Å². The summed E-state index contributed by atoms with van der Waals surface area (Å²) >= 11 is 0. The molecule has 0 aliphatic rings. The number of hydrogen-bond acceptors (Lipinski definition) is 1. The molecule has 0 atom stereocenters. The molecule has 0 saturated heterocycles. The van der Waals surface area contributed by atoms with Crippen molar-refractivity contribution in [1.29, 1.82) is 0 Å². The van der Waals surface area contributed by atoms with E-state index in [0.29, 0.717) is 16.6 Å². The third kappa shape index (κ3) is 2.09. The zero-order chi connectivity index (χ0) is 14.3. The predicted molar refractivity (Wildman–Crippen MR) is 69.4 cm³/mol. The van der Waals surface area contributed by atoms with Crippen molar-refractivity contribution in [2.24, 2.45) is 0 Å². The van der Waals surface area contributed by atoms with Crippen molar-refractivity contribution >= 4 is 11.0 Å². The lowest BCUT2D eigenvalue weighted by atomic mass is 10.0. The second kappa shape index (κ2) is 4.26. The van der Waals surface area contributed by atoms with Crippen LogP contribution in [0.25, 0.3) is 22.2 Å². The maximum Gasteiger partial charge on any atom is 0.416 e. The fourth-order valence-electron chi connectivity index (χ4n) is 2.15. The molecule has 0 aliphatic carbocycles. The molecule has 102 valence electrons. The molecule has 0 spiro atoms. The fraction of sp³-hybridized carbons (Fsp3) is 0.0714. The average Bonchev–Trinajstić information content (AvgIpc) is 2.77. The van der Waals surface area contributed by atoms with Crippen molar-refractivity contribution in [3.63, 3.8) is 0 Å². The summed E-state index contributed by atoms with van der Waals surface area (Å²) in [7, 11) is 0. The number of aromatic nitrogens is 2. The minimum Gasteiger partial charge on any atom is -0.306 e. The van der Waals surface area contributed by atoms with Crippen LogP contribution in [0.1, 0.15) is 5.56 Å². The summed E-state index contributed by atoms with van der Waals surface area (Å²) < 4.78 is 38.7. The van der Waals surface area contributed by atoms with Crippen LogP contribution >= 0.6 is 0 Å². The number of benzene rings is 2. The molecule has 1 aromatic heterocycles. The highest BCUT2D eigenvalue weighted by molar-refractivity contribution is 5.92. The zero-order valence-electron chi connectivity index (χ0n) is 10.1. The zero-order valence-corrected chi connectivity index (χ0v) is 10.1. The molecule has 3 nitrogen and oxygen atoms in total. The lowest BCUT2D eigenvalue weighted by Crippen LogP contribution is -2.05. The summed E-state index contributed by atoms with van der Waals surface area (Å²) in [4.78, 5) is 16.2. The molecule has 3 aromatic rings. The van der Waals surface area contributed by atoms with Crippen molar-refractivity contribution in [2.45, 2.75) is 6.18 Å². The summed E-state index contributed by atoms with van der Waals surface area (Å²) in [5.74, 6) is 0. The van der Waals surface area contributed by atoms with E-state index in [0.717, 1.165) is 12.1 Å². The first-order valence-corrected chi connectivity index (χ1v) is 5.84. The van der Waals surface area contributed by atoms with Crippen LogP contribution in [0.4, 0.5) is 13.2 Å². The van der Waals surface area contributed by atoms with E-state index >= 15 is 0 Å². The van der Waals surface area contributed by atoms with Crippen LogP contribution in [0.5, 0.6) is 0 Å². The topological polar surface area (TPSA) is 48.6 Å². The maximum absolute atomic E-state index is 12.9. The first kappa shape index (κ1) is 12.5. The molecule has 0 saturated carbocycles. The molecular formula is C14H9F3N2O. The Morgan fingerprint density at radius 1 is 0.950 bits per heavy atom. The van der Waals surface area contributed by atoms with Crippen molar-refractivity contribution in [1.82, 2.24) is 9.97 Å². The van der Waals surface area contributed by atoms with Gasteiger partial charge in [0.15, 0.2) is 0 Å². The quantitative estimate of drug-likeness (QED) is 0.702. The Labute approximate surface area is 111 Å². The maximum atomic E-state index is 12.9. The van der Waals surface area contributed by atoms with Gasteiger partial charge < -0.3 is 9.97 Å². The third-order valence-electron chi connectivity index (χ3n) is 3.04. The Morgan fingerprint density at radius 2 is 1.65 bits per heavy atom. The summed E-state index contributed by atoms with van der Waals surface area (Å²) in [6, 6.07) is 10.6. The summed E-state index contributed by atoms with van der Waals surface area (Å²) in [5.41, 5.74) is 0.140. The van der Waals surface area contributed by atoms with Crippen LogP contribution in [0, 0.1) is 0 Å². The van der Waals surface area contributed by atoms with Gasteiger partial charge in [0.05, 0.1) is 16.6 Å². The van der Waals surface area contributed by atoms with Crippen LogP contribution in [-0.4, -0.2) is 9.97 Å². The molecule has 0 aliphatic heterocycles. The molecule has 3 rings (SSSR count). The van der Waals surface area contributed by atoms with Crippen LogP contribution < -0.4 is 5.69 Å². The van der Waals surface area contributed by atoms with Gasteiger partial charge in [0, 0.05) is 5.56 Å². The normalized spacial score (nSPS) is 11.9. The Bertz CT molecular complexity index is 816. The second-order valence-corrected chi connectivity index (χ2v) is 4.39. The number of alkyl halides is 3. The molecule has 0 amide bonds. The molecule has 2 aromatic carbocycles. The highest BCUT2D eigenvalue weighted by Gasteiger charge is 2.31. The first-order valence-electron chi connectivity index (χ1n) is 5.84. The van der Waals surface area contributed by atoms with Crippen molar-refractivity contribution in [3.05, 3.63) is 58.5 Å². The van der Waals surface area contributed by atoms with Gasteiger partial charge in [0.1, 0.15) is 0 Å². The van der Waals surface area contributed by atoms with Crippen LogP contribution in [-0.2, 0) is 6.18 Å². The smallest absolute Gasteiger partial charge is 0.306 e. The summed E-state index contributed by atoms with van der Waals surface area (Å²) in [6.07, 6.45) is -4.47. The molecule has 2 N–H and O–H groups in total. The average molecular weight is 278 g/mol. The number of hydrogen-bond donors (Lipinski definition) is 2. The first-order chi connectivity index (χ1) is 9.45. The van der Waals surface area contributed by atoms with Crippen molar-refractivity contribution in [3.8, 4) is 11.1 Å². The largest absolute Gasteiger partial charge is 0.416 e. The monoisotopic (exact) mass is 278 g/mol. The Balaban J connectivity index is 2.37. The highest BCUT2D eigenvalue weighted by atomic mass is 19.4. The molecular weight excluding hydrogens is 269 g/mol. The number of imidazole rings is 1. The number of halogens is 3. The number of nitrogens with one attached hydrogen (secondary N) is 2. The van der Waals surface area contributed by atoms with Crippen LogP contribution in [0.15, 0.2) is 47.3 Å². The van der Waals surface area contributed by atoms with Gasteiger partial charge in [0.25, 0.3) is 0 Å². The third-order valence-corrected chi connectivity index (χ3v) is 3.04. The SMILES string of the molecule is O=c1[nH]c2cc(C(F)(F)F)cc(-c3ccccc3)c2[nH]1.